The van der Waals surface area contributed by atoms with Crippen LogP contribution in [0.5, 0.6) is 0 Å². The highest BCUT2D eigenvalue weighted by Gasteiger charge is 2.45. The van der Waals surface area contributed by atoms with Crippen LogP contribution in [0.3, 0.4) is 0 Å². The minimum absolute atomic E-state index is 0.0558. The molecule has 19 heavy (non-hydrogen) atoms. The van der Waals surface area contributed by atoms with Crippen molar-refractivity contribution in [1.82, 2.24) is 4.90 Å². The number of ether oxygens (including phenoxy) is 2. The number of hydrogen-bond acceptors (Lipinski definition) is 4. The highest BCUT2D eigenvalue weighted by Crippen LogP contribution is 2.38. The molecule has 0 aromatic rings. The van der Waals surface area contributed by atoms with Gasteiger partial charge in [-0.25, -0.2) is 0 Å². The molecule has 2 heterocycles. The number of likely N-dealkylation sites (tertiary alicyclic amines) is 1. The van der Waals surface area contributed by atoms with Crippen LogP contribution >= 0.6 is 0 Å². The first kappa shape index (κ1) is 13.3. The summed E-state index contributed by atoms with van der Waals surface area (Å²) in [5.74, 6) is 0.279. The lowest BCUT2D eigenvalue weighted by Gasteiger charge is -2.41. The van der Waals surface area contributed by atoms with Crippen LogP contribution in [0.25, 0.3) is 0 Å². The Hall–Kier alpha value is -0.650. The van der Waals surface area contributed by atoms with Gasteiger partial charge in [0.05, 0.1) is 24.4 Å². The number of nitrogens with zero attached hydrogens (tertiary/aromatic N) is 1. The molecule has 108 valence electrons. The molecular weight excluding hydrogens is 246 g/mol. The van der Waals surface area contributed by atoms with E-state index in [1.165, 1.54) is 0 Å². The first-order valence-electron chi connectivity index (χ1n) is 7.25. The SMILES string of the molecule is COC1COC2(CCN(C(=O)C3CC(O)C3)CC2)C1. The van der Waals surface area contributed by atoms with Crippen LogP contribution in [-0.4, -0.2) is 60.5 Å². The fraction of sp³-hybridized carbons (Fsp3) is 0.929. The normalized spacial score (nSPS) is 37.4. The molecule has 3 aliphatic rings. The molecule has 0 radical (unpaired) electrons. The van der Waals surface area contributed by atoms with Crippen molar-refractivity contribution in [3.63, 3.8) is 0 Å². The molecular formula is C14H23NO4. The van der Waals surface area contributed by atoms with Crippen molar-refractivity contribution in [2.24, 2.45) is 5.92 Å². The third kappa shape index (κ3) is 2.51. The van der Waals surface area contributed by atoms with Gasteiger partial charge < -0.3 is 19.5 Å². The molecule has 0 aromatic heterocycles. The molecule has 1 saturated carbocycles. The summed E-state index contributed by atoms with van der Waals surface area (Å²) in [6.45, 7) is 2.24. The Balaban J connectivity index is 1.51. The van der Waals surface area contributed by atoms with Gasteiger partial charge in [-0.3, -0.25) is 4.79 Å². The molecule has 1 spiro atoms. The number of aliphatic hydroxyl groups excluding tert-OH is 1. The Bertz CT molecular complexity index is 345. The number of piperidine rings is 1. The average Bonchev–Trinajstić information content (AvgIpc) is 2.79. The van der Waals surface area contributed by atoms with E-state index in [0.717, 1.165) is 32.4 Å². The van der Waals surface area contributed by atoms with Crippen LogP contribution < -0.4 is 0 Å². The van der Waals surface area contributed by atoms with Gasteiger partial charge in [-0.1, -0.05) is 0 Å². The van der Waals surface area contributed by atoms with Gasteiger partial charge in [0.15, 0.2) is 0 Å². The van der Waals surface area contributed by atoms with E-state index in [1.54, 1.807) is 7.11 Å². The van der Waals surface area contributed by atoms with Crippen LogP contribution in [0.15, 0.2) is 0 Å². The smallest absolute Gasteiger partial charge is 0.225 e. The second-order valence-corrected chi connectivity index (χ2v) is 6.20. The number of amides is 1. The van der Waals surface area contributed by atoms with Gasteiger partial charge in [0.2, 0.25) is 5.91 Å². The van der Waals surface area contributed by atoms with Crippen molar-refractivity contribution < 1.29 is 19.4 Å². The molecule has 2 aliphatic heterocycles. The van der Waals surface area contributed by atoms with Gasteiger partial charge >= 0.3 is 0 Å². The van der Waals surface area contributed by atoms with E-state index in [1.807, 2.05) is 4.90 Å². The maximum Gasteiger partial charge on any atom is 0.225 e. The summed E-state index contributed by atoms with van der Waals surface area (Å²) in [5, 5.41) is 9.28. The quantitative estimate of drug-likeness (QED) is 0.795. The van der Waals surface area contributed by atoms with Gasteiger partial charge in [0, 0.05) is 32.5 Å². The van der Waals surface area contributed by atoms with E-state index in [0.29, 0.717) is 19.4 Å². The van der Waals surface area contributed by atoms with Gasteiger partial charge in [0.25, 0.3) is 0 Å². The van der Waals surface area contributed by atoms with E-state index < -0.39 is 0 Å². The first-order chi connectivity index (χ1) is 9.12. The van der Waals surface area contributed by atoms with E-state index in [-0.39, 0.29) is 29.6 Å². The third-order valence-electron chi connectivity index (χ3n) is 4.96. The Morgan fingerprint density at radius 2 is 2.05 bits per heavy atom. The lowest BCUT2D eigenvalue weighted by Crippen LogP contribution is -2.50. The minimum Gasteiger partial charge on any atom is -0.393 e. The maximum absolute atomic E-state index is 12.2. The second kappa shape index (κ2) is 5.04. The summed E-state index contributed by atoms with van der Waals surface area (Å²) in [6.07, 6.45) is 4.01. The summed E-state index contributed by atoms with van der Waals surface area (Å²) in [7, 11) is 1.73. The molecule has 5 nitrogen and oxygen atoms in total. The number of carbonyl (C=O) groups excluding carboxylic acids is 1. The summed E-state index contributed by atoms with van der Waals surface area (Å²) in [6, 6.07) is 0. The second-order valence-electron chi connectivity index (χ2n) is 6.20. The van der Waals surface area contributed by atoms with Crippen LogP contribution in [0.2, 0.25) is 0 Å². The fourth-order valence-corrected chi connectivity index (χ4v) is 3.48. The lowest BCUT2D eigenvalue weighted by molar-refractivity contribution is -0.146. The van der Waals surface area contributed by atoms with Crippen molar-refractivity contribution in [3.05, 3.63) is 0 Å². The predicted molar refractivity (Wildman–Crippen MR) is 68.6 cm³/mol. The Kier molecular flexibility index (Phi) is 3.53. The highest BCUT2D eigenvalue weighted by molar-refractivity contribution is 5.80. The summed E-state index contributed by atoms with van der Waals surface area (Å²) in [5.41, 5.74) is -0.0589. The number of rotatable bonds is 2. The van der Waals surface area contributed by atoms with E-state index >= 15 is 0 Å². The lowest BCUT2D eigenvalue weighted by atomic mass is 9.80. The third-order valence-corrected chi connectivity index (χ3v) is 4.96. The minimum atomic E-state index is -0.259. The predicted octanol–water partition coefficient (Wildman–Crippen LogP) is 0.554. The van der Waals surface area contributed by atoms with Crippen molar-refractivity contribution in [3.8, 4) is 0 Å². The van der Waals surface area contributed by atoms with E-state index in [2.05, 4.69) is 0 Å². The zero-order valence-electron chi connectivity index (χ0n) is 11.5. The topological polar surface area (TPSA) is 59.0 Å². The molecule has 3 fully saturated rings. The average molecular weight is 269 g/mol. The molecule has 0 bridgehead atoms. The Morgan fingerprint density at radius 1 is 1.37 bits per heavy atom. The van der Waals surface area contributed by atoms with Crippen molar-refractivity contribution >= 4 is 5.91 Å². The first-order valence-corrected chi connectivity index (χ1v) is 7.25. The monoisotopic (exact) mass is 269 g/mol. The summed E-state index contributed by atoms with van der Waals surface area (Å²) < 4.78 is 11.3. The molecule has 1 aliphatic carbocycles. The van der Waals surface area contributed by atoms with Gasteiger partial charge in [-0.15, -0.1) is 0 Å². The van der Waals surface area contributed by atoms with Crippen LogP contribution in [0.4, 0.5) is 0 Å². The number of methoxy groups -OCH3 is 1. The molecule has 3 rings (SSSR count). The zero-order chi connectivity index (χ0) is 13.5. The molecule has 1 atom stereocenters. The molecule has 2 saturated heterocycles. The van der Waals surface area contributed by atoms with Gasteiger partial charge in [0.1, 0.15) is 0 Å². The van der Waals surface area contributed by atoms with Crippen molar-refractivity contribution in [2.75, 3.05) is 26.8 Å². The van der Waals surface area contributed by atoms with Gasteiger partial charge in [-0.2, -0.15) is 0 Å². The number of carbonyl (C=O) groups is 1. The molecule has 1 amide bonds. The van der Waals surface area contributed by atoms with E-state index in [9.17, 15) is 9.90 Å². The van der Waals surface area contributed by atoms with Crippen LogP contribution in [0, 0.1) is 5.92 Å². The summed E-state index contributed by atoms with van der Waals surface area (Å²) in [4.78, 5) is 14.1. The van der Waals surface area contributed by atoms with Crippen molar-refractivity contribution in [2.45, 2.75) is 49.9 Å². The van der Waals surface area contributed by atoms with Crippen LogP contribution in [0.1, 0.15) is 32.1 Å². The zero-order valence-corrected chi connectivity index (χ0v) is 11.5. The summed E-state index contributed by atoms with van der Waals surface area (Å²) >= 11 is 0. The fourth-order valence-electron chi connectivity index (χ4n) is 3.48. The molecule has 0 aromatic carbocycles. The number of hydrogen-bond donors (Lipinski definition) is 1. The molecule has 1 N–H and O–H groups in total. The largest absolute Gasteiger partial charge is 0.393 e. The Morgan fingerprint density at radius 3 is 2.58 bits per heavy atom. The maximum atomic E-state index is 12.2. The van der Waals surface area contributed by atoms with Crippen molar-refractivity contribution in [1.29, 1.82) is 0 Å². The van der Waals surface area contributed by atoms with Crippen LogP contribution in [-0.2, 0) is 14.3 Å². The standard InChI is InChI=1S/C14H23NO4/c1-18-12-8-14(19-9-12)2-4-15(5-3-14)13(17)10-6-11(16)7-10/h10-12,16H,2-9H2,1H3. The Labute approximate surface area is 113 Å². The molecule has 1 unspecified atom stereocenters. The number of aliphatic hydroxyl groups is 1. The molecule has 5 heteroatoms. The van der Waals surface area contributed by atoms with Gasteiger partial charge in [-0.05, 0) is 25.7 Å². The highest BCUT2D eigenvalue weighted by atomic mass is 16.6. The van der Waals surface area contributed by atoms with E-state index in [4.69, 9.17) is 9.47 Å².